The summed E-state index contributed by atoms with van der Waals surface area (Å²) in [6.45, 7) is 5.73. The molecule has 1 atom stereocenters. The largest absolute Gasteiger partial charge is 0.374 e. The number of nitrogens with zero attached hydrogens (tertiary/aromatic N) is 4. The average molecular weight is 307 g/mol. The van der Waals surface area contributed by atoms with Gasteiger partial charge >= 0.3 is 0 Å². The number of aromatic nitrogens is 4. The Kier molecular flexibility index (Phi) is 4.32. The number of carbonyl (C=O) groups excluding carboxylic acids is 1. The Balaban J connectivity index is 2.16. The molecular weight excluding hydrogens is 290 g/mol. The summed E-state index contributed by atoms with van der Waals surface area (Å²) < 4.78 is 0. The van der Waals surface area contributed by atoms with Gasteiger partial charge in [-0.25, -0.2) is 9.97 Å². The van der Waals surface area contributed by atoms with Crippen molar-refractivity contribution in [1.29, 1.82) is 0 Å². The lowest BCUT2D eigenvalue weighted by Crippen LogP contribution is -2.28. The Morgan fingerprint density at radius 2 is 1.95 bits per heavy atom. The van der Waals surface area contributed by atoms with Gasteiger partial charge in [0.15, 0.2) is 0 Å². The Hall–Kier alpha value is -2.29. The molecule has 2 heterocycles. The number of hydrogen-bond acceptors (Lipinski definition) is 8. The summed E-state index contributed by atoms with van der Waals surface area (Å²) >= 11 is 1.23. The lowest BCUT2D eigenvalue weighted by atomic mass is 10.1. The first-order valence-electron chi connectivity index (χ1n) is 6.41. The summed E-state index contributed by atoms with van der Waals surface area (Å²) in [5, 5.41) is 11.4. The number of nitrogen functional groups attached to an aromatic ring is 2. The van der Waals surface area contributed by atoms with E-state index >= 15 is 0 Å². The van der Waals surface area contributed by atoms with Gasteiger partial charge in [0.2, 0.25) is 11.1 Å². The smallest absolute Gasteiger partial charge is 0.270 e. The number of hydrogen-bond donors (Lipinski definition) is 3. The SMILES string of the molecule is CC(C)c1cc(C(=O)N[C@@H](C)c2nnc(N)s2)nc(N)n1. The molecule has 1 amide bonds. The monoisotopic (exact) mass is 307 g/mol. The van der Waals surface area contributed by atoms with E-state index in [0.29, 0.717) is 10.1 Å². The van der Waals surface area contributed by atoms with Crippen LogP contribution in [0.25, 0.3) is 0 Å². The van der Waals surface area contributed by atoms with E-state index in [1.807, 2.05) is 13.8 Å². The van der Waals surface area contributed by atoms with Crippen molar-refractivity contribution < 1.29 is 4.79 Å². The summed E-state index contributed by atoms with van der Waals surface area (Å²) in [5.74, 6) is -0.103. The standard InChI is InChI=1S/C12H17N7OS/c1-5(2)7-4-8(17-11(13)16-7)9(20)15-6(3)10-18-19-12(14)21-10/h4-6H,1-3H3,(H2,14,19)(H,15,20)(H2,13,16,17)/t6-/m0/s1. The molecule has 112 valence electrons. The fourth-order valence-electron chi connectivity index (χ4n) is 1.65. The minimum absolute atomic E-state index is 0.0826. The first-order valence-corrected chi connectivity index (χ1v) is 7.22. The van der Waals surface area contributed by atoms with Crippen molar-refractivity contribution in [2.24, 2.45) is 0 Å². The van der Waals surface area contributed by atoms with Crippen molar-refractivity contribution in [2.45, 2.75) is 32.7 Å². The molecule has 8 nitrogen and oxygen atoms in total. The molecule has 0 aliphatic carbocycles. The number of carbonyl (C=O) groups is 1. The molecule has 0 spiro atoms. The normalized spacial score (nSPS) is 12.4. The number of nitrogens with one attached hydrogen (secondary N) is 1. The maximum absolute atomic E-state index is 12.2. The van der Waals surface area contributed by atoms with Gasteiger partial charge in [0, 0.05) is 5.69 Å². The van der Waals surface area contributed by atoms with Crippen molar-refractivity contribution in [1.82, 2.24) is 25.5 Å². The molecule has 2 aromatic heterocycles. The summed E-state index contributed by atoms with van der Waals surface area (Å²) in [5.41, 5.74) is 12.1. The van der Waals surface area contributed by atoms with E-state index in [9.17, 15) is 4.79 Å². The van der Waals surface area contributed by atoms with Gasteiger partial charge in [0.05, 0.1) is 6.04 Å². The third kappa shape index (κ3) is 3.63. The minimum atomic E-state index is -0.340. The highest BCUT2D eigenvalue weighted by atomic mass is 32.1. The molecule has 0 fully saturated rings. The molecule has 21 heavy (non-hydrogen) atoms. The highest BCUT2D eigenvalue weighted by Gasteiger charge is 2.17. The van der Waals surface area contributed by atoms with Crippen LogP contribution in [0.5, 0.6) is 0 Å². The van der Waals surface area contributed by atoms with Crippen LogP contribution in [0, 0.1) is 0 Å². The van der Waals surface area contributed by atoms with Crippen molar-refractivity contribution in [3.8, 4) is 0 Å². The molecular formula is C12H17N7OS. The van der Waals surface area contributed by atoms with E-state index in [0.717, 1.165) is 5.69 Å². The second-order valence-electron chi connectivity index (χ2n) is 4.86. The second kappa shape index (κ2) is 6.00. The van der Waals surface area contributed by atoms with Crippen LogP contribution in [0.3, 0.4) is 0 Å². The molecule has 0 unspecified atom stereocenters. The molecule has 5 N–H and O–H groups in total. The fourth-order valence-corrected chi connectivity index (χ4v) is 2.26. The zero-order valence-corrected chi connectivity index (χ0v) is 12.8. The Labute approximate surface area is 126 Å². The maximum atomic E-state index is 12.2. The van der Waals surface area contributed by atoms with E-state index in [-0.39, 0.29) is 29.5 Å². The minimum Gasteiger partial charge on any atom is -0.374 e. The van der Waals surface area contributed by atoms with E-state index in [1.165, 1.54) is 11.3 Å². The molecule has 0 radical (unpaired) electrons. The van der Waals surface area contributed by atoms with Gasteiger partial charge in [-0.15, -0.1) is 10.2 Å². The van der Waals surface area contributed by atoms with E-state index in [4.69, 9.17) is 11.5 Å². The number of nitrogens with two attached hydrogens (primary N) is 2. The number of rotatable bonds is 4. The van der Waals surface area contributed by atoms with Gasteiger partial charge in [0.1, 0.15) is 10.7 Å². The zero-order valence-electron chi connectivity index (χ0n) is 12.0. The molecule has 0 bridgehead atoms. The van der Waals surface area contributed by atoms with Crippen LogP contribution in [0.4, 0.5) is 11.1 Å². The number of amides is 1. The third-order valence-corrected chi connectivity index (χ3v) is 3.70. The van der Waals surface area contributed by atoms with Gasteiger partial charge < -0.3 is 16.8 Å². The summed E-state index contributed by atoms with van der Waals surface area (Å²) in [4.78, 5) is 20.3. The molecule has 9 heteroatoms. The topological polar surface area (TPSA) is 133 Å². The maximum Gasteiger partial charge on any atom is 0.270 e. The van der Waals surface area contributed by atoms with E-state index in [1.54, 1.807) is 13.0 Å². The van der Waals surface area contributed by atoms with E-state index < -0.39 is 0 Å². The summed E-state index contributed by atoms with van der Waals surface area (Å²) in [6.07, 6.45) is 0. The van der Waals surface area contributed by atoms with Crippen LogP contribution in [0.2, 0.25) is 0 Å². The Morgan fingerprint density at radius 1 is 1.24 bits per heavy atom. The van der Waals surface area contributed by atoms with Crippen molar-refractivity contribution in [3.05, 3.63) is 22.5 Å². The molecule has 0 aromatic carbocycles. The fraction of sp³-hybridized carbons (Fsp3) is 0.417. The van der Waals surface area contributed by atoms with Gasteiger partial charge in [-0.05, 0) is 18.9 Å². The van der Waals surface area contributed by atoms with Crippen LogP contribution in [0.15, 0.2) is 6.07 Å². The van der Waals surface area contributed by atoms with Crippen LogP contribution in [0.1, 0.15) is 53.9 Å². The predicted molar refractivity (Wildman–Crippen MR) is 80.7 cm³/mol. The van der Waals surface area contributed by atoms with Gasteiger partial charge in [-0.2, -0.15) is 0 Å². The zero-order chi connectivity index (χ0) is 15.6. The average Bonchev–Trinajstić information content (AvgIpc) is 2.84. The van der Waals surface area contributed by atoms with Crippen molar-refractivity contribution in [2.75, 3.05) is 11.5 Å². The Morgan fingerprint density at radius 3 is 2.52 bits per heavy atom. The molecule has 0 aliphatic rings. The lowest BCUT2D eigenvalue weighted by molar-refractivity contribution is 0.0934. The molecule has 2 rings (SSSR count). The van der Waals surface area contributed by atoms with Crippen LogP contribution < -0.4 is 16.8 Å². The third-order valence-electron chi connectivity index (χ3n) is 2.76. The summed E-state index contributed by atoms with van der Waals surface area (Å²) in [6, 6.07) is 1.32. The Bertz CT molecular complexity index is 655. The van der Waals surface area contributed by atoms with Gasteiger partial charge in [-0.1, -0.05) is 25.2 Å². The molecule has 0 saturated heterocycles. The highest BCUT2D eigenvalue weighted by Crippen LogP contribution is 2.19. The summed E-state index contributed by atoms with van der Waals surface area (Å²) in [7, 11) is 0. The van der Waals surface area contributed by atoms with Crippen LogP contribution >= 0.6 is 11.3 Å². The molecule has 0 aliphatic heterocycles. The van der Waals surface area contributed by atoms with Gasteiger partial charge in [-0.3, -0.25) is 4.79 Å². The molecule has 2 aromatic rings. The highest BCUT2D eigenvalue weighted by molar-refractivity contribution is 7.15. The predicted octanol–water partition coefficient (Wildman–Crippen LogP) is 1.11. The van der Waals surface area contributed by atoms with Crippen molar-refractivity contribution >= 4 is 28.3 Å². The van der Waals surface area contributed by atoms with Crippen molar-refractivity contribution in [3.63, 3.8) is 0 Å². The quantitative estimate of drug-likeness (QED) is 0.770. The number of anilines is 2. The molecule has 0 saturated carbocycles. The first-order chi connectivity index (χ1) is 9.86. The lowest BCUT2D eigenvalue weighted by Gasteiger charge is -2.12. The van der Waals surface area contributed by atoms with Gasteiger partial charge in [0.25, 0.3) is 5.91 Å². The first kappa shape index (κ1) is 15.1. The van der Waals surface area contributed by atoms with Crippen LogP contribution in [-0.2, 0) is 0 Å². The van der Waals surface area contributed by atoms with Crippen LogP contribution in [-0.4, -0.2) is 26.1 Å². The second-order valence-corrected chi connectivity index (χ2v) is 5.91. The van der Waals surface area contributed by atoms with E-state index in [2.05, 4.69) is 25.5 Å².